The first-order valence-electron chi connectivity index (χ1n) is 19.9. The summed E-state index contributed by atoms with van der Waals surface area (Å²) in [7, 11) is 0. The van der Waals surface area contributed by atoms with Crippen molar-refractivity contribution in [2.45, 2.75) is 12.0 Å². The van der Waals surface area contributed by atoms with E-state index >= 15 is 0 Å². The van der Waals surface area contributed by atoms with Crippen LogP contribution >= 0.6 is 0 Å². The monoisotopic (exact) mass is 786 g/mol. The number of amidine groups is 2. The number of fused-ring (bicyclic) bond motifs is 10. The number of aliphatic imine (C=N–C) groups is 2. The molecule has 1 spiro atoms. The minimum Gasteiger partial charge on any atom is -0.382 e. The molecule has 4 aromatic carbocycles. The SMILES string of the molecule is N/C(=N\C(=N/Cc1ccc2c(c1)C1(c3ccccc3-2)c2ccccc2-c2ccc(-c3nc(-c4ccccn4)nc(-c4ccccn4)n3)cc21)c1ccccn1)c1ccccn1. The molecule has 1 unspecified atom stereocenters. The first kappa shape index (κ1) is 35.8. The van der Waals surface area contributed by atoms with Crippen LogP contribution in [0.5, 0.6) is 0 Å². The maximum atomic E-state index is 6.48. The van der Waals surface area contributed by atoms with Crippen molar-refractivity contribution in [3.05, 3.63) is 222 Å². The molecule has 5 aromatic heterocycles. The summed E-state index contributed by atoms with van der Waals surface area (Å²) in [5.41, 5.74) is 19.7. The number of hydrogen-bond acceptors (Lipinski definition) is 8. The summed E-state index contributed by atoms with van der Waals surface area (Å²) < 4.78 is 0. The molecule has 0 saturated heterocycles. The van der Waals surface area contributed by atoms with E-state index in [9.17, 15) is 0 Å². The first-order chi connectivity index (χ1) is 30.1. The number of nitrogens with zero attached hydrogens (tertiary/aromatic N) is 9. The van der Waals surface area contributed by atoms with Gasteiger partial charge in [-0.2, -0.15) is 0 Å². The molecule has 0 fully saturated rings. The van der Waals surface area contributed by atoms with Gasteiger partial charge < -0.3 is 5.73 Å². The van der Waals surface area contributed by atoms with Gasteiger partial charge in [0.2, 0.25) is 0 Å². The molecule has 10 nitrogen and oxygen atoms in total. The number of benzene rings is 4. The second kappa shape index (κ2) is 14.8. The summed E-state index contributed by atoms with van der Waals surface area (Å²) in [6.45, 7) is 0.344. The highest BCUT2D eigenvalue weighted by Gasteiger charge is 2.51. The fourth-order valence-electron chi connectivity index (χ4n) is 8.67. The van der Waals surface area contributed by atoms with Gasteiger partial charge in [0, 0.05) is 30.4 Å². The van der Waals surface area contributed by atoms with Gasteiger partial charge in [-0.1, -0.05) is 103 Å². The summed E-state index contributed by atoms with van der Waals surface area (Å²) in [5, 5.41) is 0. The summed E-state index contributed by atoms with van der Waals surface area (Å²) in [4.78, 5) is 42.9. The van der Waals surface area contributed by atoms with Crippen molar-refractivity contribution in [2.75, 3.05) is 0 Å². The van der Waals surface area contributed by atoms with Crippen molar-refractivity contribution < 1.29 is 0 Å². The van der Waals surface area contributed by atoms with Crippen LogP contribution in [0, 0.1) is 0 Å². The molecule has 2 N–H and O–H groups in total. The molecule has 288 valence electrons. The third-order valence-corrected chi connectivity index (χ3v) is 11.3. The summed E-state index contributed by atoms with van der Waals surface area (Å²) in [6.07, 6.45) is 6.91. The summed E-state index contributed by atoms with van der Waals surface area (Å²) in [6, 6.07) is 53.4. The van der Waals surface area contributed by atoms with Crippen LogP contribution < -0.4 is 5.73 Å². The lowest BCUT2D eigenvalue weighted by molar-refractivity contribution is 0.791. The third kappa shape index (κ3) is 6.08. The average molecular weight is 787 g/mol. The van der Waals surface area contributed by atoms with Crippen LogP contribution in [0.2, 0.25) is 0 Å². The zero-order valence-corrected chi connectivity index (χ0v) is 32.6. The number of hydrogen-bond donors (Lipinski definition) is 1. The smallest absolute Gasteiger partial charge is 0.182 e. The summed E-state index contributed by atoms with van der Waals surface area (Å²) in [5.74, 6) is 2.18. The van der Waals surface area contributed by atoms with Gasteiger partial charge in [0.1, 0.15) is 22.8 Å². The molecular formula is C51H34N10. The second-order valence-electron chi connectivity index (χ2n) is 14.8. The molecule has 9 aromatic rings. The third-order valence-electron chi connectivity index (χ3n) is 11.3. The normalized spacial score (nSPS) is 15.0. The Morgan fingerprint density at radius 3 is 1.56 bits per heavy atom. The topological polar surface area (TPSA) is 141 Å². The highest BCUT2D eigenvalue weighted by Crippen LogP contribution is 2.63. The van der Waals surface area contributed by atoms with Gasteiger partial charge in [-0.15, -0.1) is 0 Å². The summed E-state index contributed by atoms with van der Waals surface area (Å²) >= 11 is 0. The number of nitrogens with two attached hydrogens (primary N) is 1. The number of aromatic nitrogens is 7. The maximum Gasteiger partial charge on any atom is 0.182 e. The van der Waals surface area contributed by atoms with Crippen molar-refractivity contribution in [2.24, 2.45) is 15.7 Å². The Bertz CT molecular complexity index is 3100. The molecule has 2 aliphatic rings. The molecule has 5 heterocycles. The van der Waals surface area contributed by atoms with E-state index in [1.165, 1.54) is 33.4 Å². The van der Waals surface area contributed by atoms with Gasteiger partial charge in [0.25, 0.3) is 0 Å². The van der Waals surface area contributed by atoms with E-state index in [0.717, 1.165) is 22.3 Å². The second-order valence-corrected chi connectivity index (χ2v) is 14.8. The zero-order chi connectivity index (χ0) is 40.8. The molecule has 61 heavy (non-hydrogen) atoms. The Morgan fingerprint density at radius 1 is 0.459 bits per heavy atom. The van der Waals surface area contributed by atoms with Crippen molar-refractivity contribution in [1.29, 1.82) is 0 Å². The Kier molecular flexibility index (Phi) is 8.67. The highest BCUT2D eigenvalue weighted by atomic mass is 15.1. The van der Waals surface area contributed by atoms with Crippen LogP contribution in [-0.2, 0) is 12.0 Å². The van der Waals surface area contributed by atoms with Crippen molar-refractivity contribution in [3.63, 3.8) is 0 Å². The lowest BCUT2D eigenvalue weighted by Gasteiger charge is -2.31. The number of pyridine rings is 4. The van der Waals surface area contributed by atoms with Crippen LogP contribution in [0.1, 0.15) is 39.2 Å². The molecule has 10 heteroatoms. The molecular weight excluding hydrogens is 753 g/mol. The van der Waals surface area contributed by atoms with Crippen molar-refractivity contribution >= 4 is 11.7 Å². The fraction of sp³-hybridized carbons (Fsp3) is 0.0392. The molecule has 11 rings (SSSR count). The first-order valence-corrected chi connectivity index (χ1v) is 19.9. The van der Waals surface area contributed by atoms with E-state index < -0.39 is 5.41 Å². The minimum absolute atomic E-state index is 0.265. The van der Waals surface area contributed by atoms with Gasteiger partial charge in [-0.05, 0) is 105 Å². The van der Waals surface area contributed by atoms with Gasteiger partial charge in [-0.25, -0.2) is 19.9 Å². The van der Waals surface area contributed by atoms with E-state index in [4.69, 9.17) is 30.7 Å². The van der Waals surface area contributed by atoms with Crippen molar-refractivity contribution in [1.82, 2.24) is 34.9 Å². The molecule has 2 aliphatic carbocycles. The van der Waals surface area contributed by atoms with Gasteiger partial charge in [0.15, 0.2) is 29.1 Å². The van der Waals surface area contributed by atoms with Gasteiger partial charge >= 0.3 is 0 Å². The van der Waals surface area contributed by atoms with Crippen molar-refractivity contribution in [3.8, 4) is 56.7 Å². The van der Waals surface area contributed by atoms with E-state index in [1.54, 1.807) is 24.8 Å². The zero-order valence-electron chi connectivity index (χ0n) is 32.6. The van der Waals surface area contributed by atoms with E-state index in [-0.39, 0.29) is 5.84 Å². The minimum atomic E-state index is -0.639. The fourth-order valence-corrected chi connectivity index (χ4v) is 8.67. The quantitative estimate of drug-likeness (QED) is 0.125. The largest absolute Gasteiger partial charge is 0.382 e. The predicted molar refractivity (Wildman–Crippen MR) is 237 cm³/mol. The Morgan fingerprint density at radius 2 is 0.967 bits per heavy atom. The van der Waals surface area contributed by atoms with E-state index in [0.29, 0.717) is 52.6 Å². The van der Waals surface area contributed by atoms with E-state index in [1.807, 2.05) is 72.8 Å². The Labute approximate surface area is 351 Å². The Balaban J connectivity index is 1.08. The van der Waals surface area contributed by atoms with Gasteiger partial charge in [0.05, 0.1) is 12.0 Å². The molecule has 1 atom stereocenters. The average Bonchev–Trinajstić information content (AvgIpc) is 3.80. The standard InChI is InChI=1S/C51H34N10/c52-46(42-17-5-9-25-53-42)58-48(43-18-6-10-26-54-43)57-31-32-21-23-36-34-13-1-3-15-38(34)51(40(36)29-32)39-16-4-2-14-35(39)37-24-22-33(30-41(37)51)47-59-49(44-19-7-11-27-55-44)61-50(60-47)45-20-8-12-28-56-45/h1-30H,31H2,(H2,52,57,58). The molecule has 0 bridgehead atoms. The molecule has 0 saturated carbocycles. The van der Waals surface area contributed by atoms with Gasteiger partial charge in [-0.3, -0.25) is 24.9 Å². The van der Waals surface area contributed by atoms with Crippen LogP contribution in [0.4, 0.5) is 0 Å². The molecule has 0 amide bonds. The molecule has 0 radical (unpaired) electrons. The van der Waals surface area contributed by atoms with Crippen LogP contribution in [0.15, 0.2) is 192 Å². The van der Waals surface area contributed by atoms with Crippen LogP contribution in [-0.4, -0.2) is 46.6 Å². The lowest BCUT2D eigenvalue weighted by Crippen LogP contribution is -2.26. The Hall–Kier alpha value is -8.37. The molecule has 0 aliphatic heterocycles. The van der Waals surface area contributed by atoms with E-state index in [2.05, 4.69) is 105 Å². The predicted octanol–water partition coefficient (Wildman–Crippen LogP) is 9.15. The van der Waals surface area contributed by atoms with Crippen LogP contribution in [0.25, 0.3) is 56.7 Å². The number of rotatable bonds is 7. The maximum absolute atomic E-state index is 6.48. The lowest BCUT2D eigenvalue weighted by atomic mass is 9.70. The highest BCUT2D eigenvalue weighted by molar-refractivity contribution is 6.09. The van der Waals surface area contributed by atoms with Crippen LogP contribution in [0.3, 0.4) is 0 Å².